The molecule has 6 nitrogen and oxygen atoms in total. The quantitative estimate of drug-likeness (QED) is 0.713. The molecular formula is C21H25Cl2N3O3. The summed E-state index contributed by atoms with van der Waals surface area (Å²) >= 11 is 12.1. The van der Waals surface area contributed by atoms with Gasteiger partial charge in [-0.05, 0) is 50.3 Å². The molecule has 4 rings (SSSR count). The minimum atomic E-state index is -0.462. The van der Waals surface area contributed by atoms with E-state index in [2.05, 4.69) is 0 Å². The minimum absolute atomic E-state index is 0.0161. The van der Waals surface area contributed by atoms with Gasteiger partial charge in [0.2, 0.25) is 11.8 Å². The van der Waals surface area contributed by atoms with E-state index in [1.807, 2.05) is 11.9 Å². The number of amides is 3. The summed E-state index contributed by atoms with van der Waals surface area (Å²) in [6, 6.07) is 4.29. The van der Waals surface area contributed by atoms with E-state index in [1.165, 1.54) is 0 Å². The predicted octanol–water partition coefficient (Wildman–Crippen LogP) is 3.07. The zero-order valence-corrected chi connectivity index (χ0v) is 18.0. The molecule has 0 aliphatic carbocycles. The summed E-state index contributed by atoms with van der Waals surface area (Å²) in [7, 11) is 1.85. The van der Waals surface area contributed by atoms with Crippen LogP contribution in [-0.2, 0) is 9.59 Å². The molecule has 3 fully saturated rings. The van der Waals surface area contributed by atoms with E-state index in [0.29, 0.717) is 54.5 Å². The Hall–Kier alpha value is -1.79. The first-order valence-electron chi connectivity index (χ1n) is 10.1. The van der Waals surface area contributed by atoms with Crippen LogP contribution in [0.2, 0.25) is 10.0 Å². The van der Waals surface area contributed by atoms with Gasteiger partial charge in [0.15, 0.2) is 0 Å². The Balaban J connectivity index is 1.45. The molecule has 156 valence electrons. The Morgan fingerprint density at radius 1 is 1.00 bits per heavy atom. The third-order valence-corrected chi connectivity index (χ3v) is 7.10. The number of piperidine rings is 1. The monoisotopic (exact) mass is 437 g/mol. The van der Waals surface area contributed by atoms with Gasteiger partial charge in [0.25, 0.3) is 5.91 Å². The molecule has 1 aromatic rings. The summed E-state index contributed by atoms with van der Waals surface area (Å²) in [6.07, 6.45) is 3.71. The molecular weight excluding hydrogens is 413 g/mol. The Morgan fingerprint density at radius 2 is 1.62 bits per heavy atom. The van der Waals surface area contributed by atoms with Crippen molar-refractivity contribution in [2.24, 2.45) is 5.41 Å². The van der Waals surface area contributed by atoms with Crippen molar-refractivity contribution in [2.45, 2.75) is 38.1 Å². The first-order valence-corrected chi connectivity index (χ1v) is 10.9. The Kier molecular flexibility index (Phi) is 5.51. The van der Waals surface area contributed by atoms with Gasteiger partial charge in [-0.3, -0.25) is 14.4 Å². The van der Waals surface area contributed by atoms with Crippen molar-refractivity contribution in [3.8, 4) is 0 Å². The van der Waals surface area contributed by atoms with E-state index in [4.69, 9.17) is 23.2 Å². The van der Waals surface area contributed by atoms with E-state index in [9.17, 15) is 14.4 Å². The zero-order chi connectivity index (χ0) is 20.8. The maximum absolute atomic E-state index is 13.2. The maximum Gasteiger partial charge on any atom is 0.254 e. The maximum atomic E-state index is 13.2. The fourth-order valence-electron chi connectivity index (χ4n) is 4.93. The standard InChI is InChI=1S/C21H25Cl2N3O3/c1-24-8-4-21(20(24)29)5-9-25(10-6-21)19(28)17-3-2-7-26(17)18(27)14-11-15(22)13-16(23)12-14/h11-13,17H,2-10H2,1H3. The van der Waals surface area contributed by atoms with Crippen molar-refractivity contribution >= 4 is 40.9 Å². The lowest BCUT2D eigenvalue weighted by Gasteiger charge is -2.39. The van der Waals surface area contributed by atoms with Crippen LogP contribution in [0.1, 0.15) is 42.5 Å². The average Bonchev–Trinajstić information content (AvgIpc) is 3.28. The molecule has 29 heavy (non-hydrogen) atoms. The van der Waals surface area contributed by atoms with Crippen LogP contribution in [0.15, 0.2) is 18.2 Å². The van der Waals surface area contributed by atoms with Crippen LogP contribution in [0.25, 0.3) is 0 Å². The first kappa shape index (κ1) is 20.5. The summed E-state index contributed by atoms with van der Waals surface area (Å²) in [5.74, 6) is -0.0240. The molecule has 1 aromatic carbocycles. The van der Waals surface area contributed by atoms with Crippen LogP contribution in [0.4, 0.5) is 0 Å². The number of carbonyl (C=O) groups is 3. The number of halogens is 2. The van der Waals surface area contributed by atoms with Crippen LogP contribution in [0, 0.1) is 5.41 Å². The van der Waals surface area contributed by atoms with Crippen molar-refractivity contribution < 1.29 is 14.4 Å². The molecule has 0 N–H and O–H groups in total. The highest BCUT2D eigenvalue weighted by Crippen LogP contribution is 2.41. The smallest absolute Gasteiger partial charge is 0.254 e. The van der Waals surface area contributed by atoms with Gasteiger partial charge in [0.1, 0.15) is 6.04 Å². The minimum Gasteiger partial charge on any atom is -0.345 e. The highest BCUT2D eigenvalue weighted by Gasteiger charge is 2.48. The van der Waals surface area contributed by atoms with Crippen LogP contribution in [0.5, 0.6) is 0 Å². The Labute approximate surface area is 180 Å². The van der Waals surface area contributed by atoms with Gasteiger partial charge in [-0.2, -0.15) is 0 Å². The molecule has 0 radical (unpaired) electrons. The second-order valence-corrected chi connectivity index (χ2v) is 9.27. The second-order valence-electron chi connectivity index (χ2n) is 8.40. The number of rotatable bonds is 2. The number of nitrogens with zero attached hydrogens (tertiary/aromatic N) is 3. The van der Waals surface area contributed by atoms with Gasteiger partial charge in [-0.25, -0.2) is 0 Å². The zero-order valence-electron chi connectivity index (χ0n) is 16.5. The third kappa shape index (κ3) is 3.73. The summed E-state index contributed by atoms with van der Waals surface area (Å²) in [4.78, 5) is 44.0. The Morgan fingerprint density at radius 3 is 2.21 bits per heavy atom. The van der Waals surface area contributed by atoms with Crippen LogP contribution in [-0.4, -0.2) is 71.7 Å². The molecule has 0 aromatic heterocycles. The lowest BCUT2D eigenvalue weighted by atomic mass is 9.77. The van der Waals surface area contributed by atoms with Gasteiger partial charge >= 0.3 is 0 Å². The molecule has 1 spiro atoms. The highest BCUT2D eigenvalue weighted by atomic mass is 35.5. The largest absolute Gasteiger partial charge is 0.345 e. The van der Waals surface area contributed by atoms with Crippen molar-refractivity contribution in [3.63, 3.8) is 0 Å². The molecule has 8 heteroatoms. The van der Waals surface area contributed by atoms with Gasteiger partial charge in [-0.15, -0.1) is 0 Å². The summed E-state index contributed by atoms with van der Waals surface area (Å²) in [6.45, 7) is 2.47. The van der Waals surface area contributed by atoms with Gasteiger partial charge in [0, 0.05) is 48.8 Å². The second kappa shape index (κ2) is 7.80. The molecule has 3 saturated heterocycles. The van der Waals surface area contributed by atoms with E-state index in [0.717, 1.165) is 19.4 Å². The van der Waals surface area contributed by atoms with Gasteiger partial charge in [0.05, 0.1) is 5.41 Å². The van der Waals surface area contributed by atoms with Crippen molar-refractivity contribution in [3.05, 3.63) is 33.8 Å². The molecule has 1 atom stereocenters. The van der Waals surface area contributed by atoms with E-state index in [-0.39, 0.29) is 23.1 Å². The Bertz CT molecular complexity index is 831. The lowest BCUT2D eigenvalue weighted by molar-refractivity contribution is -0.143. The fraction of sp³-hybridized carbons (Fsp3) is 0.571. The third-order valence-electron chi connectivity index (χ3n) is 6.67. The van der Waals surface area contributed by atoms with E-state index >= 15 is 0 Å². The lowest BCUT2D eigenvalue weighted by Crippen LogP contribution is -2.52. The number of likely N-dealkylation sites (tertiary alicyclic amines) is 3. The number of hydrogen-bond donors (Lipinski definition) is 0. The molecule has 0 bridgehead atoms. The summed E-state index contributed by atoms with van der Waals surface area (Å²) in [5.41, 5.74) is 0.105. The van der Waals surface area contributed by atoms with Gasteiger partial charge < -0.3 is 14.7 Å². The summed E-state index contributed by atoms with van der Waals surface area (Å²) < 4.78 is 0. The first-order chi connectivity index (χ1) is 13.8. The molecule has 3 aliphatic rings. The fourth-order valence-corrected chi connectivity index (χ4v) is 5.46. The van der Waals surface area contributed by atoms with Gasteiger partial charge in [-0.1, -0.05) is 23.2 Å². The molecule has 3 aliphatic heterocycles. The average molecular weight is 438 g/mol. The normalized spacial score (nSPS) is 23.9. The highest BCUT2D eigenvalue weighted by molar-refractivity contribution is 6.35. The SMILES string of the molecule is CN1CCC2(CCN(C(=O)C3CCCN3C(=O)c3cc(Cl)cc(Cl)c3)CC2)C1=O. The molecule has 3 heterocycles. The van der Waals surface area contributed by atoms with E-state index in [1.54, 1.807) is 28.0 Å². The number of benzene rings is 1. The van der Waals surface area contributed by atoms with Crippen molar-refractivity contribution in [1.82, 2.24) is 14.7 Å². The molecule has 1 unspecified atom stereocenters. The molecule has 0 saturated carbocycles. The van der Waals surface area contributed by atoms with Crippen LogP contribution < -0.4 is 0 Å². The topological polar surface area (TPSA) is 60.9 Å². The number of carbonyl (C=O) groups excluding carboxylic acids is 3. The van der Waals surface area contributed by atoms with Crippen LogP contribution in [0.3, 0.4) is 0 Å². The van der Waals surface area contributed by atoms with Crippen LogP contribution >= 0.6 is 23.2 Å². The molecule has 3 amide bonds. The number of hydrogen-bond acceptors (Lipinski definition) is 3. The summed E-state index contributed by atoms with van der Waals surface area (Å²) in [5, 5.41) is 0.797. The van der Waals surface area contributed by atoms with Crippen molar-refractivity contribution in [2.75, 3.05) is 33.2 Å². The predicted molar refractivity (Wildman–Crippen MR) is 111 cm³/mol. The van der Waals surface area contributed by atoms with Crippen molar-refractivity contribution in [1.29, 1.82) is 0 Å². The van der Waals surface area contributed by atoms with E-state index < -0.39 is 6.04 Å².